The third-order valence-electron chi connectivity index (χ3n) is 2.48. The Hall–Kier alpha value is -1.24. The van der Waals surface area contributed by atoms with Gasteiger partial charge in [0.1, 0.15) is 5.76 Å². The largest absolute Gasteiger partial charge is 0.468 e. The van der Waals surface area contributed by atoms with Gasteiger partial charge in [-0.1, -0.05) is 19.8 Å². The lowest BCUT2D eigenvalue weighted by molar-refractivity contribution is 0.361. The molecular weight excluding hydrogens is 212 g/mol. The van der Waals surface area contributed by atoms with Crippen LogP contribution in [0, 0.1) is 18.3 Å². The third kappa shape index (κ3) is 5.08. The zero-order valence-electron chi connectivity index (χ0n) is 11.0. The minimum Gasteiger partial charge on any atom is -0.468 e. The third-order valence-corrected chi connectivity index (χ3v) is 2.48. The molecule has 94 valence electrons. The van der Waals surface area contributed by atoms with Gasteiger partial charge in [0.15, 0.2) is 0 Å². The van der Waals surface area contributed by atoms with Crippen molar-refractivity contribution in [3.05, 3.63) is 23.7 Å². The molecule has 0 radical (unpaired) electrons. The zero-order chi connectivity index (χ0) is 12.7. The second-order valence-electron chi connectivity index (χ2n) is 4.77. The van der Waals surface area contributed by atoms with E-state index in [1.807, 2.05) is 13.1 Å². The van der Waals surface area contributed by atoms with Crippen LogP contribution in [0.25, 0.3) is 0 Å². The van der Waals surface area contributed by atoms with Crippen molar-refractivity contribution >= 4 is 0 Å². The molecule has 17 heavy (non-hydrogen) atoms. The summed E-state index contributed by atoms with van der Waals surface area (Å²) in [5, 5.41) is 3.38. The summed E-state index contributed by atoms with van der Waals surface area (Å²) < 4.78 is 5.48. The molecule has 3 nitrogen and oxygen atoms in total. The van der Waals surface area contributed by atoms with Crippen LogP contribution in [0.5, 0.6) is 0 Å². The van der Waals surface area contributed by atoms with Crippen molar-refractivity contribution in [2.45, 2.75) is 26.9 Å². The van der Waals surface area contributed by atoms with Gasteiger partial charge in [0.25, 0.3) is 0 Å². The Morgan fingerprint density at radius 1 is 1.53 bits per heavy atom. The molecule has 0 saturated carbocycles. The van der Waals surface area contributed by atoms with Crippen molar-refractivity contribution in [1.29, 1.82) is 0 Å². The monoisotopic (exact) mass is 234 g/mol. The van der Waals surface area contributed by atoms with E-state index in [1.54, 1.807) is 6.26 Å². The van der Waals surface area contributed by atoms with Gasteiger partial charge in [0.05, 0.1) is 19.4 Å². The number of terminal acetylenes is 1. The number of rotatable bonds is 7. The first-order chi connectivity index (χ1) is 8.13. The Bertz CT molecular complexity index is 363. The van der Waals surface area contributed by atoms with Gasteiger partial charge in [-0.2, -0.15) is 0 Å². The summed E-state index contributed by atoms with van der Waals surface area (Å²) in [6.07, 6.45) is 7.02. The molecule has 1 heterocycles. The summed E-state index contributed by atoms with van der Waals surface area (Å²) in [5.41, 5.74) is 1.21. The molecule has 3 heteroatoms. The lowest BCUT2D eigenvalue weighted by Gasteiger charge is -2.13. The fraction of sp³-hybridized carbons (Fsp3) is 0.571. The maximum atomic E-state index is 5.48. The lowest BCUT2D eigenvalue weighted by atomic mass is 10.2. The number of hydrogen-bond donors (Lipinski definition) is 1. The highest BCUT2D eigenvalue weighted by Crippen LogP contribution is 2.12. The normalized spacial score (nSPS) is 11.1. The van der Waals surface area contributed by atoms with E-state index in [0.29, 0.717) is 12.5 Å². The van der Waals surface area contributed by atoms with Gasteiger partial charge in [-0.15, -0.1) is 6.42 Å². The molecule has 1 rings (SSSR count). The van der Waals surface area contributed by atoms with Gasteiger partial charge in [-0.05, 0) is 25.6 Å². The van der Waals surface area contributed by atoms with Gasteiger partial charge >= 0.3 is 0 Å². The molecule has 0 saturated heterocycles. The molecule has 1 aromatic rings. The molecule has 1 aromatic heterocycles. The van der Waals surface area contributed by atoms with Crippen molar-refractivity contribution in [3.8, 4) is 12.3 Å². The molecule has 0 aliphatic carbocycles. The second-order valence-corrected chi connectivity index (χ2v) is 4.77. The number of hydrogen-bond acceptors (Lipinski definition) is 3. The standard InChI is InChI=1S/C14H22N2O/c1-5-7-16(4)11-13-6-8-17-14(13)10-15-9-12(2)3/h1,6,8,12,15H,7,9-11H2,2-4H3. The van der Waals surface area contributed by atoms with Gasteiger partial charge in [-0.3, -0.25) is 4.90 Å². The van der Waals surface area contributed by atoms with Crippen LogP contribution in [0.4, 0.5) is 0 Å². The van der Waals surface area contributed by atoms with Crippen molar-refractivity contribution in [1.82, 2.24) is 10.2 Å². The van der Waals surface area contributed by atoms with Crippen molar-refractivity contribution in [2.75, 3.05) is 20.1 Å². The van der Waals surface area contributed by atoms with Crippen LogP contribution in [0.3, 0.4) is 0 Å². The lowest BCUT2D eigenvalue weighted by Crippen LogP contribution is -2.21. The van der Waals surface area contributed by atoms with E-state index in [-0.39, 0.29) is 0 Å². The van der Waals surface area contributed by atoms with Gasteiger partial charge in [-0.25, -0.2) is 0 Å². The van der Waals surface area contributed by atoms with Crippen LogP contribution >= 0.6 is 0 Å². The minimum absolute atomic E-state index is 0.650. The van der Waals surface area contributed by atoms with E-state index in [2.05, 4.69) is 30.0 Å². The molecule has 1 N–H and O–H groups in total. The van der Waals surface area contributed by atoms with Crippen LogP contribution in [0.15, 0.2) is 16.7 Å². The minimum atomic E-state index is 0.650. The molecule has 0 spiro atoms. The second kappa shape index (κ2) is 7.16. The molecule has 0 unspecified atom stereocenters. The predicted octanol–water partition coefficient (Wildman–Crippen LogP) is 2.09. The molecule has 0 amide bonds. The molecule has 0 bridgehead atoms. The highest BCUT2D eigenvalue weighted by Gasteiger charge is 2.08. The molecular formula is C14H22N2O. The van der Waals surface area contributed by atoms with Gasteiger partial charge < -0.3 is 9.73 Å². The maximum Gasteiger partial charge on any atom is 0.122 e. The number of nitrogens with zero attached hydrogens (tertiary/aromatic N) is 1. The van der Waals surface area contributed by atoms with Gasteiger partial charge in [0, 0.05) is 12.1 Å². The molecule has 0 aromatic carbocycles. The number of nitrogens with one attached hydrogen (secondary N) is 1. The van der Waals surface area contributed by atoms with Crippen molar-refractivity contribution < 1.29 is 4.42 Å². The highest BCUT2D eigenvalue weighted by molar-refractivity contribution is 5.17. The van der Waals surface area contributed by atoms with E-state index in [4.69, 9.17) is 10.8 Å². The summed E-state index contributed by atoms with van der Waals surface area (Å²) in [6.45, 7) is 7.65. The van der Waals surface area contributed by atoms with E-state index in [0.717, 1.165) is 25.4 Å². The summed E-state index contributed by atoms with van der Waals surface area (Å²) >= 11 is 0. The first-order valence-corrected chi connectivity index (χ1v) is 6.01. The average molecular weight is 234 g/mol. The molecule has 0 aliphatic heterocycles. The Morgan fingerprint density at radius 2 is 2.29 bits per heavy atom. The first-order valence-electron chi connectivity index (χ1n) is 6.01. The summed E-state index contributed by atoms with van der Waals surface area (Å²) in [6, 6.07) is 2.01. The predicted molar refractivity (Wildman–Crippen MR) is 70.4 cm³/mol. The Labute approximate surface area is 104 Å². The molecule has 0 aliphatic rings. The molecule has 0 atom stereocenters. The van der Waals surface area contributed by atoms with Crippen LogP contribution in [-0.4, -0.2) is 25.0 Å². The smallest absolute Gasteiger partial charge is 0.122 e. The van der Waals surface area contributed by atoms with E-state index in [9.17, 15) is 0 Å². The van der Waals surface area contributed by atoms with Crippen LogP contribution in [0.1, 0.15) is 25.2 Å². The van der Waals surface area contributed by atoms with Crippen LogP contribution in [-0.2, 0) is 13.1 Å². The summed E-state index contributed by atoms with van der Waals surface area (Å²) in [7, 11) is 2.01. The maximum absolute atomic E-state index is 5.48. The fourth-order valence-electron chi connectivity index (χ4n) is 1.64. The quantitative estimate of drug-likeness (QED) is 0.732. The fourth-order valence-corrected chi connectivity index (χ4v) is 1.64. The first kappa shape index (κ1) is 13.8. The Kier molecular flexibility index (Phi) is 5.82. The van der Waals surface area contributed by atoms with E-state index in [1.165, 1.54) is 5.56 Å². The summed E-state index contributed by atoms with van der Waals surface area (Å²) in [4.78, 5) is 2.09. The Balaban J connectivity index is 2.45. The van der Waals surface area contributed by atoms with Crippen LogP contribution in [0.2, 0.25) is 0 Å². The number of furan rings is 1. The summed E-state index contributed by atoms with van der Waals surface area (Å²) in [5.74, 6) is 4.30. The Morgan fingerprint density at radius 3 is 2.94 bits per heavy atom. The van der Waals surface area contributed by atoms with Gasteiger partial charge in [0.2, 0.25) is 0 Å². The van der Waals surface area contributed by atoms with E-state index < -0.39 is 0 Å². The van der Waals surface area contributed by atoms with Crippen molar-refractivity contribution in [3.63, 3.8) is 0 Å². The van der Waals surface area contributed by atoms with Crippen LogP contribution < -0.4 is 5.32 Å². The SMILES string of the molecule is C#CCN(C)Cc1ccoc1CNCC(C)C. The van der Waals surface area contributed by atoms with E-state index >= 15 is 0 Å². The zero-order valence-corrected chi connectivity index (χ0v) is 11.0. The average Bonchev–Trinajstić information content (AvgIpc) is 2.65. The topological polar surface area (TPSA) is 28.4 Å². The molecule has 0 fully saturated rings. The highest BCUT2D eigenvalue weighted by atomic mass is 16.3. The van der Waals surface area contributed by atoms with Crippen molar-refractivity contribution in [2.24, 2.45) is 5.92 Å².